The lowest BCUT2D eigenvalue weighted by Gasteiger charge is -2.27. The summed E-state index contributed by atoms with van der Waals surface area (Å²) in [6.07, 6.45) is 1.44. The van der Waals surface area contributed by atoms with E-state index < -0.39 is 5.97 Å². The third kappa shape index (κ3) is 4.24. The van der Waals surface area contributed by atoms with Gasteiger partial charge < -0.3 is 20.1 Å². The topological polar surface area (TPSA) is 95.9 Å². The molecule has 1 aliphatic rings. The van der Waals surface area contributed by atoms with Gasteiger partial charge in [0, 0.05) is 32.5 Å². The van der Waals surface area contributed by atoms with Crippen molar-refractivity contribution in [1.82, 2.24) is 10.2 Å². The summed E-state index contributed by atoms with van der Waals surface area (Å²) < 4.78 is 5.21. The van der Waals surface area contributed by atoms with Crippen LogP contribution < -0.4 is 10.1 Å². The molecule has 0 bridgehead atoms. The highest BCUT2D eigenvalue weighted by molar-refractivity contribution is 5.88. The second-order valence-electron chi connectivity index (χ2n) is 5.88. The number of carbonyl (C=O) groups is 3. The molecule has 2 N–H and O–H groups in total. The van der Waals surface area contributed by atoms with E-state index >= 15 is 0 Å². The summed E-state index contributed by atoms with van der Waals surface area (Å²) in [6, 6.07) is 4.67. The van der Waals surface area contributed by atoms with Crippen molar-refractivity contribution in [2.45, 2.75) is 19.3 Å². The van der Waals surface area contributed by atoms with Crippen LogP contribution in [0.25, 0.3) is 0 Å². The Hall–Kier alpha value is -2.57. The molecule has 0 spiro atoms. The van der Waals surface area contributed by atoms with Gasteiger partial charge in [0.15, 0.2) is 0 Å². The summed E-state index contributed by atoms with van der Waals surface area (Å²) in [5.74, 6) is -0.923. The zero-order chi connectivity index (χ0) is 17.7. The van der Waals surface area contributed by atoms with E-state index in [1.807, 2.05) is 0 Å². The second kappa shape index (κ2) is 7.81. The number of carbonyl (C=O) groups excluding carboxylic acids is 2. The molecule has 7 heteroatoms. The minimum atomic E-state index is -1.01. The van der Waals surface area contributed by atoms with Crippen LogP contribution in [-0.2, 0) is 16.0 Å². The Bertz CT molecular complexity index is 644. The van der Waals surface area contributed by atoms with Crippen molar-refractivity contribution in [3.8, 4) is 5.75 Å². The molecule has 0 aliphatic carbocycles. The molecule has 7 nitrogen and oxygen atoms in total. The number of amides is 2. The Morgan fingerprint density at radius 3 is 2.79 bits per heavy atom. The zero-order valence-corrected chi connectivity index (χ0v) is 13.9. The highest BCUT2D eigenvalue weighted by Gasteiger charge is 2.28. The maximum Gasteiger partial charge on any atom is 0.335 e. The maximum atomic E-state index is 12.1. The predicted molar refractivity (Wildman–Crippen MR) is 87.0 cm³/mol. The quantitative estimate of drug-likeness (QED) is 0.806. The number of ether oxygens (including phenoxy) is 1. The number of aromatic carboxylic acids is 1. The Morgan fingerprint density at radius 1 is 1.42 bits per heavy atom. The molecule has 24 heavy (non-hydrogen) atoms. The van der Waals surface area contributed by atoms with Gasteiger partial charge in [-0.2, -0.15) is 0 Å². The summed E-state index contributed by atoms with van der Waals surface area (Å²) in [5, 5.41) is 11.8. The lowest BCUT2D eigenvalue weighted by Crippen LogP contribution is -2.42. The number of carboxylic acid groups (broad SMARTS) is 1. The van der Waals surface area contributed by atoms with Crippen molar-refractivity contribution in [3.63, 3.8) is 0 Å². The molecule has 1 saturated heterocycles. The molecule has 1 heterocycles. The SMILES string of the molecule is COc1cc(C(=O)O)ccc1CCNC(=O)C1CCN(C)C(=O)C1. The standard InChI is InChI=1S/C17H22N2O5/c1-19-8-6-12(10-15(19)20)16(21)18-7-5-11-3-4-13(17(22)23)9-14(11)24-2/h3-4,9,12H,5-8,10H2,1-2H3,(H,18,21)(H,22,23). The molecule has 0 radical (unpaired) electrons. The smallest absolute Gasteiger partial charge is 0.335 e. The van der Waals surface area contributed by atoms with Crippen LogP contribution in [0.2, 0.25) is 0 Å². The lowest BCUT2D eigenvalue weighted by molar-refractivity contribution is -0.139. The predicted octanol–water partition coefficient (Wildman–Crippen LogP) is 0.920. The van der Waals surface area contributed by atoms with Gasteiger partial charge in [-0.15, -0.1) is 0 Å². The number of nitrogens with zero attached hydrogens (tertiary/aromatic N) is 1. The number of hydrogen-bond donors (Lipinski definition) is 2. The van der Waals surface area contributed by atoms with E-state index in [-0.39, 0.29) is 29.7 Å². The van der Waals surface area contributed by atoms with Crippen LogP contribution in [-0.4, -0.2) is 55.0 Å². The van der Waals surface area contributed by atoms with E-state index in [9.17, 15) is 14.4 Å². The van der Waals surface area contributed by atoms with Crippen molar-refractivity contribution in [3.05, 3.63) is 29.3 Å². The van der Waals surface area contributed by atoms with Gasteiger partial charge in [0.05, 0.1) is 12.7 Å². The van der Waals surface area contributed by atoms with Crippen LogP contribution in [0.15, 0.2) is 18.2 Å². The molecular weight excluding hydrogens is 312 g/mol. The monoisotopic (exact) mass is 334 g/mol. The molecule has 1 unspecified atom stereocenters. The maximum absolute atomic E-state index is 12.1. The van der Waals surface area contributed by atoms with Gasteiger partial charge >= 0.3 is 5.97 Å². The van der Waals surface area contributed by atoms with Gasteiger partial charge in [0.2, 0.25) is 11.8 Å². The molecule has 2 rings (SSSR count). The first-order valence-electron chi connectivity index (χ1n) is 7.84. The van der Waals surface area contributed by atoms with Crippen LogP contribution in [0.4, 0.5) is 0 Å². The van der Waals surface area contributed by atoms with Crippen molar-refractivity contribution in [2.24, 2.45) is 5.92 Å². The molecule has 1 atom stereocenters. The molecule has 1 aromatic carbocycles. The van der Waals surface area contributed by atoms with E-state index in [2.05, 4.69) is 5.32 Å². The molecule has 1 aromatic rings. The van der Waals surface area contributed by atoms with E-state index in [1.54, 1.807) is 18.0 Å². The van der Waals surface area contributed by atoms with Gasteiger partial charge in [0.1, 0.15) is 5.75 Å². The van der Waals surface area contributed by atoms with Gasteiger partial charge in [-0.3, -0.25) is 9.59 Å². The number of likely N-dealkylation sites (tertiary alicyclic amines) is 1. The van der Waals surface area contributed by atoms with Crippen molar-refractivity contribution >= 4 is 17.8 Å². The van der Waals surface area contributed by atoms with Crippen LogP contribution in [0, 0.1) is 5.92 Å². The zero-order valence-electron chi connectivity index (χ0n) is 13.9. The summed E-state index contributed by atoms with van der Waals surface area (Å²) in [6.45, 7) is 1.00. The summed E-state index contributed by atoms with van der Waals surface area (Å²) >= 11 is 0. The first-order valence-corrected chi connectivity index (χ1v) is 7.84. The van der Waals surface area contributed by atoms with E-state index in [0.29, 0.717) is 31.7 Å². The third-order valence-electron chi connectivity index (χ3n) is 4.26. The largest absolute Gasteiger partial charge is 0.496 e. The first-order chi connectivity index (χ1) is 11.4. The highest BCUT2D eigenvalue weighted by atomic mass is 16.5. The van der Waals surface area contributed by atoms with E-state index in [4.69, 9.17) is 9.84 Å². The van der Waals surface area contributed by atoms with Gasteiger partial charge in [-0.1, -0.05) is 6.07 Å². The highest BCUT2D eigenvalue weighted by Crippen LogP contribution is 2.21. The fourth-order valence-electron chi connectivity index (χ4n) is 2.72. The van der Waals surface area contributed by atoms with Gasteiger partial charge in [0.25, 0.3) is 0 Å². The number of benzene rings is 1. The molecule has 130 valence electrons. The molecule has 2 amide bonds. The van der Waals surface area contributed by atoms with Crippen LogP contribution in [0.3, 0.4) is 0 Å². The number of carboxylic acids is 1. The molecular formula is C17H22N2O5. The molecule has 0 saturated carbocycles. The van der Waals surface area contributed by atoms with Gasteiger partial charge in [-0.25, -0.2) is 4.79 Å². The minimum absolute atomic E-state index is 0.00710. The average molecular weight is 334 g/mol. The van der Waals surface area contributed by atoms with E-state index in [1.165, 1.54) is 19.2 Å². The second-order valence-corrected chi connectivity index (χ2v) is 5.88. The number of rotatable bonds is 6. The Balaban J connectivity index is 1.88. The fraction of sp³-hybridized carbons (Fsp3) is 0.471. The number of nitrogens with one attached hydrogen (secondary N) is 1. The normalized spacial score (nSPS) is 17.5. The summed E-state index contributed by atoms with van der Waals surface area (Å²) in [5.41, 5.74) is 0.978. The summed E-state index contributed by atoms with van der Waals surface area (Å²) in [7, 11) is 3.22. The fourth-order valence-corrected chi connectivity index (χ4v) is 2.72. The summed E-state index contributed by atoms with van der Waals surface area (Å²) in [4.78, 5) is 36.4. The number of methoxy groups -OCH3 is 1. The lowest BCUT2D eigenvalue weighted by atomic mass is 9.95. The van der Waals surface area contributed by atoms with Crippen LogP contribution >= 0.6 is 0 Å². The van der Waals surface area contributed by atoms with E-state index in [0.717, 1.165) is 5.56 Å². The van der Waals surface area contributed by atoms with Gasteiger partial charge in [-0.05, 0) is 30.5 Å². The number of piperidine rings is 1. The molecule has 1 aliphatic heterocycles. The molecule has 0 aromatic heterocycles. The molecule has 1 fully saturated rings. The minimum Gasteiger partial charge on any atom is -0.496 e. The van der Waals surface area contributed by atoms with Crippen molar-refractivity contribution < 1.29 is 24.2 Å². The van der Waals surface area contributed by atoms with Crippen LogP contribution in [0.1, 0.15) is 28.8 Å². The Morgan fingerprint density at radius 2 is 2.17 bits per heavy atom. The first kappa shape index (κ1) is 17.8. The Labute approximate surface area is 140 Å². The van der Waals surface area contributed by atoms with Crippen LogP contribution in [0.5, 0.6) is 5.75 Å². The van der Waals surface area contributed by atoms with Crippen molar-refractivity contribution in [2.75, 3.05) is 27.2 Å². The van der Waals surface area contributed by atoms with Crippen molar-refractivity contribution in [1.29, 1.82) is 0 Å². The Kier molecular flexibility index (Phi) is 5.78. The number of hydrogen-bond acceptors (Lipinski definition) is 4. The third-order valence-corrected chi connectivity index (χ3v) is 4.26. The average Bonchev–Trinajstić information content (AvgIpc) is 2.57.